The van der Waals surface area contributed by atoms with Crippen molar-refractivity contribution in [2.45, 2.75) is 104 Å². The van der Waals surface area contributed by atoms with Gasteiger partial charge in [-0.25, -0.2) is 4.79 Å². The first-order chi connectivity index (χ1) is 12.8. The van der Waals surface area contributed by atoms with E-state index in [0.29, 0.717) is 13.1 Å². The van der Waals surface area contributed by atoms with Crippen LogP contribution in [0.2, 0.25) is 0 Å². The van der Waals surface area contributed by atoms with Crippen molar-refractivity contribution < 1.29 is 14.3 Å². The third kappa shape index (κ3) is 11.2. The second kappa shape index (κ2) is 13.0. The number of nitrogens with zero attached hydrogens (tertiary/aromatic N) is 1. The molecule has 0 radical (unpaired) electrons. The second-order valence-electron chi connectivity index (χ2n) is 8.88. The van der Waals surface area contributed by atoms with Crippen molar-refractivity contribution in [2.75, 3.05) is 19.6 Å². The van der Waals surface area contributed by atoms with Crippen molar-refractivity contribution >= 4 is 12.0 Å². The number of amides is 2. The van der Waals surface area contributed by atoms with Gasteiger partial charge in [-0.3, -0.25) is 4.79 Å². The van der Waals surface area contributed by atoms with Crippen LogP contribution in [-0.2, 0) is 9.53 Å². The van der Waals surface area contributed by atoms with Crippen molar-refractivity contribution in [3.63, 3.8) is 0 Å². The molecule has 1 saturated heterocycles. The number of rotatable bonds is 12. The number of ether oxygens (including phenoxy) is 1. The summed E-state index contributed by atoms with van der Waals surface area (Å²) in [7, 11) is 0. The number of likely N-dealkylation sites (tertiary alicyclic amines) is 1. The van der Waals surface area contributed by atoms with Crippen molar-refractivity contribution in [1.29, 1.82) is 0 Å². The molecular weight excluding hydrogens is 340 g/mol. The lowest BCUT2D eigenvalue weighted by Crippen LogP contribution is -2.37. The van der Waals surface area contributed by atoms with Gasteiger partial charge in [-0.2, -0.15) is 0 Å². The Balaban J connectivity index is 2.02. The predicted molar refractivity (Wildman–Crippen MR) is 111 cm³/mol. The maximum absolute atomic E-state index is 12.3. The molecule has 1 fully saturated rings. The van der Waals surface area contributed by atoms with Gasteiger partial charge >= 0.3 is 6.09 Å². The highest BCUT2D eigenvalue weighted by atomic mass is 16.6. The van der Waals surface area contributed by atoms with Crippen LogP contribution in [-0.4, -0.2) is 42.1 Å². The Hall–Kier alpha value is -1.26. The quantitative estimate of drug-likeness (QED) is 0.467. The van der Waals surface area contributed by atoms with E-state index < -0.39 is 5.60 Å². The van der Waals surface area contributed by atoms with Crippen LogP contribution < -0.4 is 5.32 Å². The van der Waals surface area contributed by atoms with Crippen molar-refractivity contribution in [1.82, 2.24) is 10.2 Å². The Morgan fingerprint density at radius 2 is 1.52 bits per heavy atom. The summed E-state index contributed by atoms with van der Waals surface area (Å²) in [6.07, 6.45) is 13.4. The predicted octanol–water partition coefficient (Wildman–Crippen LogP) is 5.28. The maximum Gasteiger partial charge on any atom is 0.410 e. The molecule has 0 spiro atoms. The zero-order chi connectivity index (χ0) is 20.1. The van der Waals surface area contributed by atoms with Gasteiger partial charge in [0, 0.05) is 19.6 Å². The highest BCUT2D eigenvalue weighted by molar-refractivity contribution is 5.80. The molecule has 0 unspecified atom stereocenters. The highest BCUT2D eigenvalue weighted by Crippen LogP contribution is 2.19. The molecule has 0 aromatic carbocycles. The molecule has 0 saturated carbocycles. The normalized spacial score (nSPS) is 17.2. The molecule has 158 valence electrons. The number of nitrogens with one attached hydrogen (secondary N) is 1. The number of hydrogen-bond donors (Lipinski definition) is 1. The van der Waals surface area contributed by atoms with Gasteiger partial charge in [-0.1, -0.05) is 64.7 Å². The van der Waals surface area contributed by atoms with E-state index in [0.717, 1.165) is 19.4 Å². The average molecular weight is 383 g/mol. The lowest BCUT2D eigenvalue weighted by molar-refractivity contribution is -0.124. The summed E-state index contributed by atoms with van der Waals surface area (Å²) in [5, 5.41) is 3.04. The topological polar surface area (TPSA) is 58.6 Å². The standard InChI is InChI=1S/C22H42N2O3/c1-5-6-7-8-9-10-11-12-13-14-16-23-20(25)19-15-17-24(18-19)21(26)27-22(2,3)4/h19H,5-18H2,1-4H3,(H,23,25)/t19-/m1/s1. The van der Waals surface area contributed by atoms with Crippen LogP contribution in [0.25, 0.3) is 0 Å². The van der Waals surface area contributed by atoms with Gasteiger partial charge in [-0.15, -0.1) is 0 Å². The lowest BCUT2D eigenvalue weighted by Gasteiger charge is -2.24. The number of carbonyl (C=O) groups excluding carboxylic acids is 2. The lowest BCUT2D eigenvalue weighted by atomic mass is 10.1. The van der Waals surface area contributed by atoms with E-state index in [1.54, 1.807) is 4.90 Å². The van der Waals surface area contributed by atoms with Crippen molar-refractivity contribution in [3.05, 3.63) is 0 Å². The molecule has 1 aliphatic heterocycles. The number of carbonyl (C=O) groups is 2. The van der Waals surface area contributed by atoms with Crippen LogP contribution in [0.3, 0.4) is 0 Å². The van der Waals surface area contributed by atoms with Crippen molar-refractivity contribution in [2.24, 2.45) is 5.92 Å². The molecule has 5 nitrogen and oxygen atoms in total. The van der Waals surface area contributed by atoms with Crippen LogP contribution in [0.1, 0.15) is 98.3 Å². The Morgan fingerprint density at radius 3 is 2.07 bits per heavy atom. The molecule has 1 heterocycles. The molecule has 1 aliphatic rings. The van der Waals surface area contributed by atoms with Gasteiger partial charge in [0.15, 0.2) is 0 Å². The van der Waals surface area contributed by atoms with Crippen LogP contribution >= 0.6 is 0 Å². The fourth-order valence-electron chi connectivity index (χ4n) is 3.43. The van der Waals surface area contributed by atoms with Gasteiger partial charge in [0.2, 0.25) is 5.91 Å². The zero-order valence-electron chi connectivity index (χ0n) is 18.1. The summed E-state index contributed by atoms with van der Waals surface area (Å²) in [5.74, 6) is -0.0161. The summed E-state index contributed by atoms with van der Waals surface area (Å²) < 4.78 is 5.38. The van der Waals surface area contributed by atoms with Crippen molar-refractivity contribution in [3.8, 4) is 0 Å². The molecule has 0 bridgehead atoms. The third-order valence-electron chi connectivity index (χ3n) is 5.04. The Bertz CT molecular complexity index is 432. The van der Waals surface area contributed by atoms with E-state index in [2.05, 4.69) is 12.2 Å². The van der Waals surface area contributed by atoms with E-state index in [9.17, 15) is 9.59 Å². The molecule has 0 aliphatic carbocycles. The maximum atomic E-state index is 12.3. The average Bonchev–Trinajstić information content (AvgIpc) is 3.08. The first kappa shape index (κ1) is 23.8. The molecule has 1 atom stereocenters. The summed E-state index contributed by atoms with van der Waals surface area (Å²) >= 11 is 0. The highest BCUT2D eigenvalue weighted by Gasteiger charge is 2.33. The fraction of sp³-hybridized carbons (Fsp3) is 0.909. The summed E-state index contributed by atoms with van der Waals surface area (Å²) in [6, 6.07) is 0. The molecule has 5 heteroatoms. The molecule has 0 aromatic heterocycles. The van der Waals surface area contributed by atoms with Crippen LogP contribution in [0.4, 0.5) is 4.79 Å². The first-order valence-corrected chi connectivity index (χ1v) is 11.1. The second-order valence-corrected chi connectivity index (χ2v) is 8.88. The smallest absolute Gasteiger partial charge is 0.410 e. The minimum Gasteiger partial charge on any atom is -0.444 e. The minimum atomic E-state index is -0.493. The molecule has 1 rings (SSSR count). The summed E-state index contributed by atoms with van der Waals surface area (Å²) in [4.78, 5) is 26.0. The monoisotopic (exact) mass is 382 g/mol. The Morgan fingerprint density at radius 1 is 0.963 bits per heavy atom. The molecule has 2 amide bonds. The molecule has 27 heavy (non-hydrogen) atoms. The zero-order valence-corrected chi connectivity index (χ0v) is 18.1. The molecular formula is C22H42N2O3. The Labute approximate surface area is 166 Å². The van der Waals surface area contributed by atoms with Gasteiger partial charge in [-0.05, 0) is 33.6 Å². The van der Waals surface area contributed by atoms with E-state index >= 15 is 0 Å². The largest absolute Gasteiger partial charge is 0.444 e. The van der Waals surface area contributed by atoms with Gasteiger partial charge in [0.1, 0.15) is 5.60 Å². The van der Waals surface area contributed by atoms with Gasteiger partial charge < -0.3 is 15.0 Å². The van der Waals surface area contributed by atoms with Crippen LogP contribution in [0.15, 0.2) is 0 Å². The first-order valence-electron chi connectivity index (χ1n) is 11.1. The minimum absolute atomic E-state index is 0.0805. The van der Waals surface area contributed by atoms with Crippen LogP contribution in [0.5, 0.6) is 0 Å². The summed E-state index contributed by atoms with van der Waals surface area (Å²) in [6.45, 7) is 9.65. The third-order valence-corrected chi connectivity index (χ3v) is 5.04. The molecule has 0 aromatic rings. The molecule has 1 N–H and O–H groups in total. The van der Waals surface area contributed by atoms with E-state index in [-0.39, 0.29) is 17.9 Å². The fourth-order valence-corrected chi connectivity index (χ4v) is 3.43. The van der Waals surface area contributed by atoms with Gasteiger partial charge in [0.05, 0.1) is 5.92 Å². The SMILES string of the molecule is CCCCCCCCCCCCNC(=O)[C@@H]1CCN(C(=O)OC(C)(C)C)C1. The van der Waals surface area contributed by atoms with E-state index in [4.69, 9.17) is 4.74 Å². The van der Waals surface area contributed by atoms with Crippen LogP contribution in [0, 0.1) is 5.92 Å². The Kier molecular flexibility index (Phi) is 11.5. The van der Waals surface area contributed by atoms with E-state index in [1.165, 1.54) is 57.8 Å². The summed E-state index contributed by atoms with van der Waals surface area (Å²) in [5.41, 5.74) is -0.493. The van der Waals surface area contributed by atoms with E-state index in [1.807, 2.05) is 20.8 Å². The number of unbranched alkanes of at least 4 members (excludes halogenated alkanes) is 9. The number of hydrogen-bond acceptors (Lipinski definition) is 3. The van der Waals surface area contributed by atoms with Gasteiger partial charge in [0.25, 0.3) is 0 Å².